The molecule has 0 bridgehead atoms. The molecule has 1 amide bonds. The molecule has 1 spiro atoms. The highest BCUT2D eigenvalue weighted by Crippen LogP contribution is 2.38. The number of likely N-dealkylation sites (tertiary alicyclic amines) is 1. The minimum atomic E-state index is 0. The Labute approximate surface area is 167 Å². The molecular weight excluding hydrogens is 435 g/mol. The molecule has 0 aromatic heterocycles. The quantitative estimate of drug-likeness (QED) is 0.380. The van der Waals surface area contributed by atoms with Gasteiger partial charge in [-0.05, 0) is 25.7 Å². The smallest absolute Gasteiger partial charge is 0.243 e. The van der Waals surface area contributed by atoms with Gasteiger partial charge in [0, 0.05) is 52.4 Å². The first-order valence-corrected chi connectivity index (χ1v) is 9.01. The van der Waals surface area contributed by atoms with Gasteiger partial charge in [-0.15, -0.1) is 24.0 Å². The maximum Gasteiger partial charge on any atom is 0.243 e. The lowest BCUT2D eigenvalue weighted by Gasteiger charge is -2.26. The molecule has 3 aliphatic rings. The lowest BCUT2D eigenvalue weighted by molar-refractivity contribution is -0.127. The van der Waals surface area contributed by atoms with Crippen molar-refractivity contribution in [3.63, 3.8) is 0 Å². The minimum absolute atomic E-state index is 0. The first-order chi connectivity index (χ1) is 11.6. The van der Waals surface area contributed by atoms with Gasteiger partial charge in [0.05, 0.1) is 12.7 Å². The second kappa shape index (κ2) is 9.36. The Morgan fingerprint density at radius 2 is 2.20 bits per heavy atom. The van der Waals surface area contributed by atoms with Gasteiger partial charge in [0.2, 0.25) is 5.91 Å². The average molecular weight is 466 g/mol. The summed E-state index contributed by atoms with van der Waals surface area (Å²) in [5.74, 6) is 0.856. The molecule has 3 saturated heterocycles. The number of halogens is 1. The molecule has 0 aliphatic carbocycles. The number of hydrogen-bond acceptors (Lipinski definition) is 4. The molecule has 3 aliphatic heterocycles. The van der Waals surface area contributed by atoms with Crippen molar-refractivity contribution in [3.8, 4) is 0 Å². The van der Waals surface area contributed by atoms with E-state index in [4.69, 9.17) is 9.47 Å². The van der Waals surface area contributed by atoms with Crippen LogP contribution in [0.5, 0.6) is 0 Å². The van der Waals surface area contributed by atoms with Crippen LogP contribution in [-0.4, -0.2) is 87.9 Å². The first-order valence-electron chi connectivity index (χ1n) is 9.01. The Kier molecular flexibility index (Phi) is 7.75. The zero-order chi connectivity index (χ0) is 17.0. The van der Waals surface area contributed by atoms with Gasteiger partial charge in [0.15, 0.2) is 5.96 Å². The molecule has 8 heteroatoms. The SMILES string of the molecule is CN(C)C(=O)CN=C(NCC1CCCO1)N1CCC2(CCOC2)C1.I. The predicted octanol–water partition coefficient (Wildman–Crippen LogP) is 0.930. The monoisotopic (exact) mass is 466 g/mol. The molecule has 25 heavy (non-hydrogen) atoms. The number of carbonyl (C=O) groups excluding carboxylic acids is 1. The highest BCUT2D eigenvalue weighted by molar-refractivity contribution is 14.0. The summed E-state index contributed by atoms with van der Waals surface area (Å²) in [5, 5.41) is 3.44. The molecule has 0 aromatic rings. The fourth-order valence-corrected chi connectivity index (χ4v) is 3.65. The van der Waals surface area contributed by atoms with E-state index in [1.165, 1.54) is 0 Å². The molecule has 7 nitrogen and oxygen atoms in total. The molecule has 0 aromatic carbocycles. The van der Waals surface area contributed by atoms with E-state index < -0.39 is 0 Å². The molecule has 3 rings (SSSR count). The third-order valence-electron chi connectivity index (χ3n) is 5.30. The lowest BCUT2D eigenvalue weighted by atomic mass is 9.87. The fourth-order valence-electron chi connectivity index (χ4n) is 3.65. The summed E-state index contributed by atoms with van der Waals surface area (Å²) in [6, 6.07) is 0. The molecule has 2 atom stereocenters. The van der Waals surface area contributed by atoms with Crippen LogP contribution in [0.4, 0.5) is 0 Å². The van der Waals surface area contributed by atoms with Crippen LogP contribution in [0.3, 0.4) is 0 Å². The molecule has 144 valence electrons. The van der Waals surface area contributed by atoms with Gasteiger partial charge in [0.1, 0.15) is 6.54 Å². The summed E-state index contributed by atoms with van der Waals surface area (Å²) in [7, 11) is 3.52. The zero-order valence-corrected chi connectivity index (χ0v) is 17.7. The number of likely N-dealkylation sites (N-methyl/N-ethyl adjacent to an activating group) is 1. The summed E-state index contributed by atoms with van der Waals surface area (Å²) < 4.78 is 11.3. The van der Waals surface area contributed by atoms with Crippen LogP contribution < -0.4 is 5.32 Å². The predicted molar refractivity (Wildman–Crippen MR) is 107 cm³/mol. The Morgan fingerprint density at radius 3 is 2.84 bits per heavy atom. The number of ether oxygens (including phenoxy) is 2. The van der Waals surface area contributed by atoms with E-state index in [2.05, 4.69) is 15.2 Å². The average Bonchev–Trinajstić information content (AvgIpc) is 3.31. The van der Waals surface area contributed by atoms with Gasteiger partial charge < -0.3 is 24.6 Å². The molecule has 2 unspecified atom stereocenters. The van der Waals surface area contributed by atoms with Gasteiger partial charge >= 0.3 is 0 Å². The fraction of sp³-hybridized carbons (Fsp3) is 0.882. The molecule has 1 N–H and O–H groups in total. The highest BCUT2D eigenvalue weighted by atomic mass is 127. The van der Waals surface area contributed by atoms with Crippen molar-refractivity contribution in [1.82, 2.24) is 15.1 Å². The maximum atomic E-state index is 11.9. The van der Waals surface area contributed by atoms with E-state index in [0.717, 1.165) is 71.1 Å². The van der Waals surface area contributed by atoms with Crippen LogP contribution in [0.2, 0.25) is 0 Å². The van der Waals surface area contributed by atoms with E-state index in [1.54, 1.807) is 19.0 Å². The molecule has 3 fully saturated rings. The Morgan fingerprint density at radius 1 is 1.36 bits per heavy atom. The van der Waals surface area contributed by atoms with Crippen LogP contribution in [-0.2, 0) is 14.3 Å². The number of aliphatic imine (C=N–C) groups is 1. The number of carbonyl (C=O) groups is 1. The Balaban J connectivity index is 0.00000225. The second-order valence-corrected chi connectivity index (χ2v) is 7.42. The van der Waals surface area contributed by atoms with Crippen LogP contribution >= 0.6 is 24.0 Å². The van der Waals surface area contributed by atoms with Crippen LogP contribution in [0, 0.1) is 5.41 Å². The van der Waals surface area contributed by atoms with Crippen molar-refractivity contribution in [2.24, 2.45) is 10.4 Å². The van der Waals surface area contributed by atoms with Gasteiger partial charge in [-0.1, -0.05) is 0 Å². The van der Waals surface area contributed by atoms with E-state index in [0.29, 0.717) is 0 Å². The summed E-state index contributed by atoms with van der Waals surface area (Å²) >= 11 is 0. The molecule has 3 heterocycles. The third-order valence-corrected chi connectivity index (χ3v) is 5.30. The van der Waals surface area contributed by atoms with Gasteiger partial charge in [0.25, 0.3) is 0 Å². The third kappa shape index (κ3) is 5.43. The van der Waals surface area contributed by atoms with E-state index in [1.807, 2.05) is 0 Å². The van der Waals surface area contributed by atoms with E-state index >= 15 is 0 Å². The van der Waals surface area contributed by atoms with Crippen molar-refractivity contribution in [3.05, 3.63) is 0 Å². The summed E-state index contributed by atoms with van der Waals surface area (Å²) in [5.41, 5.74) is 0.276. The minimum Gasteiger partial charge on any atom is -0.381 e. The number of rotatable bonds is 4. The second-order valence-electron chi connectivity index (χ2n) is 7.42. The maximum absolute atomic E-state index is 11.9. The summed E-state index contributed by atoms with van der Waals surface area (Å²) in [4.78, 5) is 20.4. The number of nitrogens with zero attached hydrogens (tertiary/aromatic N) is 3. The topological polar surface area (TPSA) is 66.4 Å². The Bertz CT molecular complexity index is 475. The first kappa shape index (κ1) is 20.7. The van der Waals surface area contributed by atoms with Crippen molar-refractivity contribution in [1.29, 1.82) is 0 Å². The number of nitrogens with one attached hydrogen (secondary N) is 1. The van der Waals surface area contributed by atoms with E-state index in [-0.39, 0.29) is 47.9 Å². The molecule has 0 radical (unpaired) electrons. The molecule has 0 saturated carbocycles. The van der Waals surface area contributed by atoms with Gasteiger partial charge in [-0.2, -0.15) is 0 Å². The Hall–Kier alpha value is -0.610. The summed E-state index contributed by atoms with van der Waals surface area (Å²) in [6.07, 6.45) is 4.73. The van der Waals surface area contributed by atoms with Crippen molar-refractivity contribution in [2.75, 3.05) is 60.1 Å². The van der Waals surface area contributed by atoms with Gasteiger partial charge in [-0.25, -0.2) is 4.99 Å². The van der Waals surface area contributed by atoms with Crippen LogP contribution in [0.1, 0.15) is 25.7 Å². The lowest BCUT2D eigenvalue weighted by Crippen LogP contribution is -2.44. The molecular formula is C17H31IN4O3. The van der Waals surface area contributed by atoms with Crippen molar-refractivity contribution >= 4 is 35.8 Å². The number of guanidine groups is 1. The van der Waals surface area contributed by atoms with Gasteiger partial charge in [-0.3, -0.25) is 4.79 Å². The normalized spacial score (nSPS) is 29.1. The summed E-state index contributed by atoms with van der Waals surface area (Å²) in [6.45, 7) is 5.43. The number of hydrogen-bond donors (Lipinski definition) is 1. The highest BCUT2D eigenvalue weighted by Gasteiger charge is 2.42. The van der Waals surface area contributed by atoms with E-state index in [9.17, 15) is 4.79 Å². The zero-order valence-electron chi connectivity index (χ0n) is 15.3. The van der Waals surface area contributed by atoms with Crippen LogP contribution in [0.25, 0.3) is 0 Å². The van der Waals surface area contributed by atoms with Crippen molar-refractivity contribution < 1.29 is 14.3 Å². The van der Waals surface area contributed by atoms with Crippen LogP contribution in [0.15, 0.2) is 4.99 Å². The standard InChI is InChI=1S/C17H30N4O3.HI/c1-20(2)15(22)11-19-16(18-10-14-4-3-8-24-14)21-7-5-17(12-21)6-9-23-13-17;/h14H,3-13H2,1-2H3,(H,18,19);1H. The largest absolute Gasteiger partial charge is 0.381 e. The number of amides is 1. The van der Waals surface area contributed by atoms with Crippen molar-refractivity contribution in [2.45, 2.75) is 31.8 Å².